The third-order valence-corrected chi connectivity index (χ3v) is 2.05. The highest BCUT2D eigenvalue weighted by atomic mass is 15.0. The van der Waals surface area contributed by atoms with Gasteiger partial charge in [0, 0.05) is 6.20 Å². The molecule has 0 fully saturated rings. The topological polar surface area (TPSA) is 41.1 Å². The van der Waals surface area contributed by atoms with Crippen molar-refractivity contribution in [1.29, 1.82) is 5.26 Å². The summed E-state index contributed by atoms with van der Waals surface area (Å²) in [6.07, 6.45) is 2.33. The van der Waals surface area contributed by atoms with E-state index < -0.39 is 0 Å². The number of aryl methyl sites for hydroxylation is 1. The van der Waals surface area contributed by atoms with Crippen LogP contribution in [0.4, 0.5) is 0 Å². The molecule has 64 valence electrons. The minimum atomic E-state index is 0.376. The number of hydrogen-bond acceptors (Lipinski definition) is 2. The number of pyridine rings is 1. The van der Waals surface area contributed by atoms with Gasteiger partial charge in [-0.15, -0.1) is 0 Å². The number of hydrogen-bond donors (Lipinski definition) is 0. The molecule has 3 heteroatoms. The highest BCUT2D eigenvalue weighted by Gasteiger charge is 2.05. The smallest absolute Gasteiger partial charge is 0.110 e. The van der Waals surface area contributed by atoms with E-state index in [1.54, 1.807) is 0 Å². The highest BCUT2D eigenvalue weighted by Crippen LogP contribution is 2.12. The lowest BCUT2D eigenvalue weighted by Gasteiger charge is -1.93. The molecule has 0 aliphatic heterocycles. The Kier molecular flexibility index (Phi) is 1.75. The first-order valence-corrected chi connectivity index (χ1v) is 4.12. The fraction of sp³-hybridized carbons (Fsp3) is 0.200. The van der Waals surface area contributed by atoms with Gasteiger partial charge in [-0.1, -0.05) is 6.07 Å². The van der Waals surface area contributed by atoms with Crippen molar-refractivity contribution < 1.29 is 0 Å². The second-order valence-electron chi connectivity index (χ2n) is 2.90. The van der Waals surface area contributed by atoms with Crippen LogP contribution < -0.4 is 0 Å². The van der Waals surface area contributed by atoms with Crippen molar-refractivity contribution in [3.63, 3.8) is 0 Å². The summed E-state index contributed by atoms with van der Waals surface area (Å²) in [5.74, 6) is 0.931. The molecular weight excluding hydrogens is 162 g/mol. The van der Waals surface area contributed by atoms with Crippen LogP contribution in [0.15, 0.2) is 24.4 Å². The number of aromatic nitrogens is 2. The van der Waals surface area contributed by atoms with Crippen molar-refractivity contribution in [2.75, 3.05) is 0 Å². The molecule has 0 bridgehead atoms. The summed E-state index contributed by atoms with van der Waals surface area (Å²) in [5.41, 5.74) is 1.89. The summed E-state index contributed by atoms with van der Waals surface area (Å²) in [6.45, 7) is 1.94. The minimum absolute atomic E-state index is 0.376. The third-order valence-electron chi connectivity index (χ3n) is 2.05. The number of nitrogens with zero attached hydrogens (tertiary/aromatic N) is 3. The average Bonchev–Trinajstić information content (AvgIpc) is 2.46. The van der Waals surface area contributed by atoms with Crippen LogP contribution >= 0.6 is 0 Å². The molecular formula is C10H9N3. The maximum absolute atomic E-state index is 8.59. The first-order valence-electron chi connectivity index (χ1n) is 4.12. The van der Waals surface area contributed by atoms with E-state index in [1.807, 2.05) is 35.7 Å². The SMILES string of the molecule is Cc1nc(CC#N)c2ccccn12. The third kappa shape index (κ3) is 1.17. The van der Waals surface area contributed by atoms with Crippen molar-refractivity contribution in [3.8, 4) is 6.07 Å². The molecule has 13 heavy (non-hydrogen) atoms. The summed E-state index contributed by atoms with van der Waals surface area (Å²) in [5, 5.41) is 8.59. The van der Waals surface area contributed by atoms with Crippen LogP contribution in [0.1, 0.15) is 11.5 Å². The van der Waals surface area contributed by atoms with E-state index in [-0.39, 0.29) is 0 Å². The van der Waals surface area contributed by atoms with E-state index in [0.717, 1.165) is 17.0 Å². The molecule has 2 rings (SSSR count). The zero-order valence-electron chi connectivity index (χ0n) is 7.36. The Morgan fingerprint density at radius 3 is 3.15 bits per heavy atom. The zero-order chi connectivity index (χ0) is 9.26. The molecule has 0 aromatic carbocycles. The van der Waals surface area contributed by atoms with Crippen LogP contribution in [0.2, 0.25) is 0 Å². The van der Waals surface area contributed by atoms with Crippen molar-refractivity contribution in [1.82, 2.24) is 9.38 Å². The predicted octanol–water partition coefficient (Wildman–Crippen LogP) is 1.71. The number of nitriles is 1. The fourth-order valence-electron chi connectivity index (χ4n) is 1.47. The molecule has 0 saturated carbocycles. The molecule has 2 heterocycles. The fourth-order valence-corrected chi connectivity index (χ4v) is 1.47. The molecule has 2 aromatic rings. The van der Waals surface area contributed by atoms with Gasteiger partial charge in [-0.25, -0.2) is 4.98 Å². The Hall–Kier alpha value is -1.82. The summed E-state index contributed by atoms with van der Waals surface area (Å²) in [7, 11) is 0. The van der Waals surface area contributed by atoms with Crippen LogP contribution in [0.3, 0.4) is 0 Å². The minimum Gasteiger partial charge on any atom is -0.304 e. The first kappa shape index (κ1) is 7.81. The summed E-state index contributed by atoms with van der Waals surface area (Å²) >= 11 is 0. The monoisotopic (exact) mass is 171 g/mol. The van der Waals surface area contributed by atoms with Gasteiger partial charge in [0.2, 0.25) is 0 Å². The molecule has 3 nitrogen and oxygen atoms in total. The lowest BCUT2D eigenvalue weighted by Crippen LogP contribution is -1.85. The van der Waals surface area contributed by atoms with Gasteiger partial charge in [-0.3, -0.25) is 0 Å². The Morgan fingerprint density at radius 2 is 2.38 bits per heavy atom. The van der Waals surface area contributed by atoms with Crippen molar-refractivity contribution in [3.05, 3.63) is 35.9 Å². The maximum atomic E-state index is 8.59. The molecule has 0 aliphatic rings. The highest BCUT2D eigenvalue weighted by molar-refractivity contribution is 5.53. The summed E-state index contributed by atoms with van der Waals surface area (Å²) in [4.78, 5) is 4.32. The van der Waals surface area contributed by atoms with Gasteiger partial charge in [0.15, 0.2) is 0 Å². The number of rotatable bonds is 1. The molecule has 0 aliphatic carbocycles. The van der Waals surface area contributed by atoms with Gasteiger partial charge in [0.05, 0.1) is 23.7 Å². The number of imidazole rings is 1. The standard InChI is InChI=1S/C10H9N3/c1-8-12-9(5-6-11)10-4-2-3-7-13(8)10/h2-4,7H,5H2,1H3. The summed E-state index contributed by atoms with van der Waals surface area (Å²) in [6, 6.07) is 8.00. The van der Waals surface area contributed by atoms with Crippen LogP contribution in [0.5, 0.6) is 0 Å². The Labute approximate surface area is 76.3 Å². The Morgan fingerprint density at radius 1 is 1.54 bits per heavy atom. The molecule has 0 amide bonds. The molecule has 0 atom stereocenters. The van der Waals surface area contributed by atoms with E-state index in [4.69, 9.17) is 5.26 Å². The van der Waals surface area contributed by atoms with E-state index >= 15 is 0 Å². The van der Waals surface area contributed by atoms with Crippen LogP contribution in [0, 0.1) is 18.3 Å². The quantitative estimate of drug-likeness (QED) is 0.655. The predicted molar refractivity (Wildman–Crippen MR) is 49.2 cm³/mol. The van der Waals surface area contributed by atoms with Gasteiger partial charge in [-0.2, -0.15) is 5.26 Å². The molecule has 0 radical (unpaired) electrons. The zero-order valence-corrected chi connectivity index (χ0v) is 7.36. The van der Waals surface area contributed by atoms with Gasteiger partial charge in [0.25, 0.3) is 0 Å². The summed E-state index contributed by atoms with van der Waals surface area (Å²) < 4.78 is 1.99. The molecule has 0 unspecified atom stereocenters. The average molecular weight is 171 g/mol. The van der Waals surface area contributed by atoms with Gasteiger partial charge in [0.1, 0.15) is 5.82 Å². The van der Waals surface area contributed by atoms with E-state index in [0.29, 0.717) is 6.42 Å². The van der Waals surface area contributed by atoms with E-state index in [1.165, 1.54) is 0 Å². The second kappa shape index (κ2) is 2.91. The lowest BCUT2D eigenvalue weighted by atomic mass is 10.3. The van der Waals surface area contributed by atoms with Crippen molar-refractivity contribution >= 4 is 5.52 Å². The van der Waals surface area contributed by atoms with E-state index in [2.05, 4.69) is 11.1 Å². The van der Waals surface area contributed by atoms with Crippen LogP contribution in [-0.4, -0.2) is 9.38 Å². The lowest BCUT2D eigenvalue weighted by molar-refractivity contribution is 1.03. The van der Waals surface area contributed by atoms with Gasteiger partial charge < -0.3 is 4.40 Å². The second-order valence-corrected chi connectivity index (χ2v) is 2.90. The van der Waals surface area contributed by atoms with Crippen molar-refractivity contribution in [2.45, 2.75) is 13.3 Å². The molecule has 2 aromatic heterocycles. The van der Waals surface area contributed by atoms with Crippen molar-refractivity contribution in [2.24, 2.45) is 0 Å². The molecule has 0 saturated heterocycles. The van der Waals surface area contributed by atoms with Gasteiger partial charge >= 0.3 is 0 Å². The largest absolute Gasteiger partial charge is 0.304 e. The van der Waals surface area contributed by atoms with Crippen LogP contribution in [0.25, 0.3) is 5.52 Å². The first-order chi connectivity index (χ1) is 6.33. The Balaban J connectivity index is 2.72. The maximum Gasteiger partial charge on any atom is 0.110 e. The molecule has 0 N–H and O–H groups in total. The normalized spacial score (nSPS) is 10.2. The number of fused-ring (bicyclic) bond motifs is 1. The molecule has 0 spiro atoms. The van der Waals surface area contributed by atoms with Crippen LogP contribution in [-0.2, 0) is 6.42 Å². The van der Waals surface area contributed by atoms with E-state index in [9.17, 15) is 0 Å². The Bertz CT molecular complexity index is 476. The van der Waals surface area contributed by atoms with Gasteiger partial charge in [-0.05, 0) is 19.1 Å².